The molecular formula is C5H11NOZn2. The van der Waals surface area contributed by atoms with Gasteiger partial charge in [0.1, 0.15) is 0 Å². The van der Waals surface area contributed by atoms with Crippen LogP contribution in [0.3, 0.4) is 0 Å². The summed E-state index contributed by atoms with van der Waals surface area (Å²) in [5.41, 5.74) is 9.70. The molecule has 4 heteroatoms. The zero-order valence-electron chi connectivity index (χ0n) is 6.18. The Morgan fingerprint density at radius 1 is 1.56 bits per heavy atom. The van der Waals surface area contributed by atoms with Crippen molar-refractivity contribution < 1.29 is 39.0 Å². The van der Waals surface area contributed by atoms with Gasteiger partial charge in [0.2, 0.25) is 0 Å². The Labute approximate surface area is 71.1 Å². The second-order valence-corrected chi connectivity index (χ2v) is 15.7. The minimum atomic E-state index is -0.307. The van der Waals surface area contributed by atoms with E-state index in [1.807, 2.05) is 0 Å². The van der Waals surface area contributed by atoms with E-state index < -0.39 is 0 Å². The molecule has 2 nitrogen and oxygen atoms in total. The third kappa shape index (κ3) is 5.18. The standard InChI is InChI=1S/C3H5NO.2CH3.2Zn/c1-2-3(4)5;;;;/h1H,2H2,(H2,4,5);2*1H3;;. The van der Waals surface area contributed by atoms with Crippen LogP contribution in [-0.2, 0) is 39.0 Å². The molecule has 0 rings (SSSR count). The van der Waals surface area contributed by atoms with E-state index in [4.69, 9.17) is 5.73 Å². The van der Waals surface area contributed by atoms with Crippen LogP contribution < -0.4 is 5.73 Å². The van der Waals surface area contributed by atoms with Gasteiger partial charge in [0, 0.05) is 0 Å². The first-order valence-corrected chi connectivity index (χ1v) is 12.8. The molecule has 2 N–H and O–H groups in total. The molecule has 0 aliphatic rings. The number of carbonyl (C=O) groups excluding carboxylic acids is 1. The number of primary amides is 1. The number of nitrogens with two attached hydrogens (primary N) is 1. The SMILES string of the molecule is [CH3][Zn][CH](CC(N)=O)[Zn][CH3]. The fraction of sp³-hybridized carbons (Fsp3) is 0.800. The first kappa shape index (κ1) is 9.72. The fourth-order valence-electron chi connectivity index (χ4n) is 0.862. The van der Waals surface area contributed by atoms with Gasteiger partial charge in [0.15, 0.2) is 0 Å². The summed E-state index contributed by atoms with van der Waals surface area (Å²) in [5.74, 6) is -0.0834. The van der Waals surface area contributed by atoms with Gasteiger partial charge in [-0.15, -0.1) is 0 Å². The van der Waals surface area contributed by atoms with Crippen molar-refractivity contribution in [2.45, 2.75) is 20.6 Å². The molecule has 0 aromatic heterocycles. The molecular weight excluding hydrogens is 221 g/mol. The Morgan fingerprint density at radius 3 is 2.11 bits per heavy atom. The molecule has 0 spiro atoms. The van der Waals surface area contributed by atoms with Gasteiger partial charge in [-0.05, 0) is 0 Å². The second kappa shape index (κ2) is 5.50. The Bertz CT molecular complexity index is 93.0. The summed E-state index contributed by atoms with van der Waals surface area (Å²) < 4.78 is 0.877. The van der Waals surface area contributed by atoms with Crippen LogP contribution in [0.15, 0.2) is 0 Å². The number of carbonyl (C=O) groups is 1. The molecule has 0 saturated carbocycles. The molecule has 1 amide bonds. The maximum atomic E-state index is 10.4. The molecule has 0 radical (unpaired) electrons. The van der Waals surface area contributed by atoms with Gasteiger partial charge in [-0.25, -0.2) is 0 Å². The maximum absolute atomic E-state index is 10.4. The average Bonchev–Trinajstić information content (AvgIpc) is 1.82. The molecule has 46 valence electrons. The molecule has 0 fully saturated rings. The fourth-order valence-corrected chi connectivity index (χ4v) is 10.8. The van der Waals surface area contributed by atoms with E-state index >= 15 is 0 Å². The molecule has 0 aliphatic heterocycles. The summed E-state index contributed by atoms with van der Waals surface area (Å²) in [6, 6.07) is 0. The van der Waals surface area contributed by atoms with Crippen molar-refractivity contribution in [3.63, 3.8) is 0 Å². The second-order valence-electron chi connectivity index (χ2n) is 2.35. The molecule has 0 aliphatic carbocycles. The van der Waals surface area contributed by atoms with E-state index in [-0.39, 0.29) is 40.2 Å². The number of hydrogen-bond donors (Lipinski definition) is 1. The first-order valence-electron chi connectivity index (χ1n) is 3.49. The number of rotatable bonds is 4. The first-order chi connectivity index (χ1) is 4.20. The van der Waals surface area contributed by atoms with Crippen molar-refractivity contribution in [1.82, 2.24) is 0 Å². The predicted octanol–water partition coefficient (Wildman–Crippen LogP) is 0.869. The molecule has 0 heterocycles. The van der Waals surface area contributed by atoms with E-state index in [1.165, 1.54) is 0 Å². The van der Waals surface area contributed by atoms with Crippen LogP contribution >= 0.6 is 0 Å². The Balaban J connectivity index is 3.43. The van der Waals surface area contributed by atoms with Crippen molar-refractivity contribution in [1.29, 1.82) is 0 Å². The van der Waals surface area contributed by atoms with Crippen molar-refractivity contribution in [3.8, 4) is 0 Å². The predicted molar refractivity (Wildman–Crippen MR) is 29.3 cm³/mol. The summed E-state index contributed by atoms with van der Waals surface area (Å²) >= 11 is -0.614. The van der Waals surface area contributed by atoms with Crippen molar-refractivity contribution in [2.24, 2.45) is 5.73 Å². The van der Waals surface area contributed by atoms with Gasteiger partial charge in [0.05, 0.1) is 0 Å². The van der Waals surface area contributed by atoms with E-state index in [2.05, 4.69) is 11.0 Å². The Morgan fingerprint density at radius 2 is 2.00 bits per heavy atom. The zero-order valence-corrected chi connectivity index (χ0v) is 12.1. The van der Waals surface area contributed by atoms with Crippen LogP contribution in [0.4, 0.5) is 0 Å². The Kier molecular flexibility index (Phi) is 5.94. The number of amides is 1. The summed E-state index contributed by atoms with van der Waals surface area (Å²) in [6.07, 6.45) is 0.715. The van der Waals surface area contributed by atoms with E-state index in [0.717, 1.165) is 3.11 Å². The van der Waals surface area contributed by atoms with Crippen LogP contribution in [-0.4, -0.2) is 5.91 Å². The third-order valence-corrected chi connectivity index (χ3v) is 20.3. The summed E-state index contributed by atoms with van der Waals surface area (Å²) in [6.45, 7) is 0. The van der Waals surface area contributed by atoms with Gasteiger partial charge in [0.25, 0.3) is 0 Å². The Hall–Kier alpha value is 0.717. The average molecular weight is 232 g/mol. The van der Waals surface area contributed by atoms with E-state index in [1.54, 1.807) is 0 Å². The third-order valence-electron chi connectivity index (χ3n) is 1.64. The normalized spacial score (nSPS) is 8.33. The van der Waals surface area contributed by atoms with Crippen LogP contribution in [0.25, 0.3) is 0 Å². The van der Waals surface area contributed by atoms with E-state index in [0.29, 0.717) is 6.42 Å². The van der Waals surface area contributed by atoms with Gasteiger partial charge < -0.3 is 0 Å². The van der Waals surface area contributed by atoms with Gasteiger partial charge in [-0.3, -0.25) is 0 Å². The van der Waals surface area contributed by atoms with Crippen LogP contribution in [0.1, 0.15) is 6.42 Å². The zero-order chi connectivity index (χ0) is 7.28. The molecule has 0 unspecified atom stereocenters. The summed E-state index contributed by atoms with van der Waals surface area (Å²) in [5, 5.41) is 0. The molecule has 0 aromatic rings. The monoisotopic (exact) mass is 229 g/mol. The minimum absolute atomic E-state index is 0.0834. The van der Waals surface area contributed by atoms with Crippen molar-refractivity contribution >= 4 is 5.91 Å². The molecule has 0 atom stereocenters. The van der Waals surface area contributed by atoms with Crippen molar-refractivity contribution in [2.75, 3.05) is 0 Å². The van der Waals surface area contributed by atoms with Crippen LogP contribution in [0.5, 0.6) is 0 Å². The molecule has 0 bridgehead atoms. The van der Waals surface area contributed by atoms with Gasteiger partial charge in [-0.1, -0.05) is 0 Å². The van der Waals surface area contributed by atoms with E-state index in [9.17, 15) is 4.79 Å². The quantitative estimate of drug-likeness (QED) is 0.718. The van der Waals surface area contributed by atoms with Gasteiger partial charge >= 0.3 is 71.3 Å². The summed E-state index contributed by atoms with van der Waals surface area (Å²) in [7, 11) is 0. The van der Waals surface area contributed by atoms with Crippen LogP contribution in [0.2, 0.25) is 14.1 Å². The van der Waals surface area contributed by atoms with Gasteiger partial charge in [-0.2, -0.15) is 0 Å². The molecule has 9 heavy (non-hydrogen) atoms. The molecule has 0 aromatic carbocycles. The number of hydrogen-bond acceptors (Lipinski definition) is 1. The van der Waals surface area contributed by atoms with Crippen molar-refractivity contribution in [3.05, 3.63) is 0 Å². The molecule has 0 saturated heterocycles. The van der Waals surface area contributed by atoms with Crippen LogP contribution in [0, 0.1) is 0 Å². The topological polar surface area (TPSA) is 43.1 Å². The summed E-state index contributed by atoms with van der Waals surface area (Å²) in [4.78, 5) is 10.4.